The molecule has 3 rings (SSSR count). The van der Waals surface area contributed by atoms with Crippen LogP contribution in [0.1, 0.15) is 24.0 Å². The summed E-state index contributed by atoms with van der Waals surface area (Å²) >= 11 is 3.57. The molecule has 2 aromatic carbocycles. The van der Waals surface area contributed by atoms with Gasteiger partial charge in [0, 0.05) is 28.4 Å². The first kappa shape index (κ1) is 16.7. The van der Waals surface area contributed by atoms with Crippen molar-refractivity contribution in [3.63, 3.8) is 0 Å². The van der Waals surface area contributed by atoms with Crippen LogP contribution in [0.5, 0.6) is 0 Å². The highest BCUT2D eigenvalue weighted by Crippen LogP contribution is 2.11. The maximum absolute atomic E-state index is 3.57. The Hall–Kier alpha value is -1.16. The first-order valence-corrected chi connectivity index (χ1v) is 9.44. The smallest absolute Gasteiger partial charge is 0.103 e. The largest absolute Gasteiger partial charge is 0.331 e. The van der Waals surface area contributed by atoms with E-state index in [1.54, 1.807) is 9.80 Å². The van der Waals surface area contributed by atoms with Crippen LogP contribution in [0.3, 0.4) is 0 Å². The summed E-state index contributed by atoms with van der Waals surface area (Å²) in [6, 6.07) is 20.4. The predicted octanol–water partition coefficient (Wildman–Crippen LogP) is 1.71. The Morgan fingerprint density at radius 3 is 2.39 bits per heavy atom. The molecule has 0 aromatic heterocycles. The highest BCUT2D eigenvalue weighted by atomic mass is 79.9. The second-order valence-electron chi connectivity index (χ2n) is 6.84. The van der Waals surface area contributed by atoms with Gasteiger partial charge in [0.15, 0.2) is 0 Å². The van der Waals surface area contributed by atoms with Gasteiger partial charge in [-0.2, -0.15) is 0 Å². The van der Waals surface area contributed by atoms with Gasteiger partial charge in [-0.15, -0.1) is 0 Å². The molecule has 1 aliphatic rings. The molecule has 23 heavy (non-hydrogen) atoms. The van der Waals surface area contributed by atoms with Crippen LogP contribution in [0.2, 0.25) is 0 Å². The van der Waals surface area contributed by atoms with Crippen LogP contribution in [0.15, 0.2) is 59.1 Å². The molecule has 3 heteroatoms. The Morgan fingerprint density at radius 2 is 1.70 bits per heavy atom. The zero-order valence-electron chi connectivity index (χ0n) is 13.9. The Bertz CT molecular complexity index is 606. The number of benzene rings is 2. The van der Waals surface area contributed by atoms with Crippen molar-refractivity contribution in [2.45, 2.75) is 32.0 Å². The molecule has 0 spiro atoms. The Morgan fingerprint density at radius 1 is 1.00 bits per heavy atom. The number of nitrogens with one attached hydrogen (secondary N) is 2. The van der Waals surface area contributed by atoms with Gasteiger partial charge in [-0.05, 0) is 12.1 Å². The molecule has 1 saturated heterocycles. The van der Waals surface area contributed by atoms with Crippen molar-refractivity contribution in [3.05, 3.63) is 70.2 Å². The van der Waals surface area contributed by atoms with Gasteiger partial charge in [0.25, 0.3) is 0 Å². The van der Waals surface area contributed by atoms with Crippen LogP contribution >= 0.6 is 15.9 Å². The summed E-state index contributed by atoms with van der Waals surface area (Å²) in [6.07, 6.45) is 2.67. The van der Waals surface area contributed by atoms with Crippen molar-refractivity contribution in [2.75, 3.05) is 20.1 Å². The fraction of sp³-hybridized carbons (Fsp3) is 0.400. The lowest BCUT2D eigenvalue weighted by atomic mass is 10.0. The summed E-state index contributed by atoms with van der Waals surface area (Å²) < 4.78 is 1.19. The molecule has 0 saturated carbocycles. The second kappa shape index (κ2) is 8.09. The molecule has 0 aliphatic carbocycles. The zero-order valence-corrected chi connectivity index (χ0v) is 15.5. The summed E-state index contributed by atoms with van der Waals surface area (Å²) in [5.74, 6) is 0. The molecule has 0 bridgehead atoms. The molecule has 1 fully saturated rings. The number of quaternary nitrogens is 2. The fourth-order valence-corrected chi connectivity index (χ4v) is 4.14. The summed E-state index contributed by atoms with van der Waals surface area (Å²) in [6.45, 7) is 4.89. The van der Waals surface area contributed by atoms with E-state index in [1.165, 1.54) is 41.5 Å². The van der Waals surface area contributed by atoms with Crippen LogP contribution in [0.25, 0.3) is 0 Å². The predicted molar refractivity (Wildman–Crippen MR) is 98.6 cm³/mol. The van der Waals surface area contributed by atoms with Crippen molar-refractivity contribution in [1.29, 1.82) is 0 Å². The third-order valence-corrected chi connectivity index (χ3v) is 5.55. The van der Waals surface area contributed by atoms with Crippen LogP contribution in [-0.2, 0) is 13.1 Å². The number of hydrogen-bond acceptors (Lipinski definition) is 0. The lowest BCUT2D eigenvalue weighted by molar-refractivity contribution is -0.960. The monoisotopic (exact) mass is 374 g/mol. The summed E-state index contributed by atoms with van der Waals surface area (Å²) in [7, 11) is 2.36. The molecular formula is C20H27BrN2+2. The average molecular weight is 375 g/mol. The van der Waals surface area contributed by atoms with E-state index in [-0.39, 0.29) is 0 Å². The highest BCUT2D eigenvalue weighted by molar-refractivity contribution is 9.10. The Labute approximate surface area is 148 Å². The van der Waals surface area contributed by atoms with E-state index in [2.05, 4.69) is 77.6 Å². The molecule has 1 unspecified atom stereocenters. The lowest BCUT2D eigenvalue weighted by Gasteiger charge is -2.32. The molecule has 2 N–H and O–H groups in total. The van der Waals surface area contributed by atoms with Crippen molar-refractivity contribution < 1.29 is 9.80 Å². The maximum Gasteiger partial charge on any atom is 0.103 e. The van der Waals surface area contributed by atoms with E-state index in [0.29, 0.717) is 0 Å². The van der Waals surface area contributed by atoms with Gasteiger partial charge >= 0.3 is 0 Å². The van der Waals surface area contributed by atoms with E-state index in [0.717, 1.165) is 19.1 Å². The maximum atomic E-state index is 3.57. The van der Waals surface area contributed by atoms with Gasteiger partial charge in [-0.3, -0.25) is 0 Å². The second-order valence-corrected chi connectivity index (χ2v) is 7.76. The van der Waals surface area contributed by atoms with Crippen LogP contribution in [0.4, 0.5) is 0 Å². The normalized spacial score (nSPS) is 22.7. The average Bonchev–Trinajstić information content (AvgIpc) is 2.56. The van der Waals surface area contributed by atoms with Crippen molar-refractivity contribution in [3.8, 4) is 0 Å². The van der Waals surface area contributed by atoms with Gasteiger partial charge in [0.05, 0.1) is 26.2 Å². The number of likely N-dealkylation sites (tertiary alicyclic amines) is 1. The van der Waals surface area contributed by atoms with Crippen molar-refractivity contribution >= 4 is 15.9 Å². The number of piperidine rings is 1. The number of halogens is 1. The van der Waals surface area contributed by atoms with E-state index in [1.807, 2.05) is 0 Å². The molecule has 0 amide bonds. The topological polar surface area (TPSA) is 8.88 Å². The molecule has 122 valence electrons. The summed E-state index contributed by atoms with van der Waals surface area (Å²) in [5, 5.41) is 0. The minimum atomic E-state index is 0.807. The molecule has 0 radical (unpaired) electrons. The first-order valence-electron chi connectivity index (χ1n) is 8.65. The third kappa shape index (κ3) is 4.90. The van der Waals surface area contributed by atoms with Crippen LogP contribution < -0.4 is 9.80 Å². The quantitative estimate of drug-likeness (QED) is 0.788. The Kier molecular flexibility index (Phi) is 5.87. The van der Waals surface area contributed by atoms with Crippen LogP contribution in [0, 0.1) is 0 Å². The fourth-order valence-electron chi connectivity index (χ4n) is 3.69. The standard InChI is InChI=1S/C20H25BrN2/c1-22(15-17-6-3-2-4-7-17)20-10-12-23(13-11-20)16-18-8-5-9-19(21)14-18/h2-9,14,20H,10-13,15-16H2,1H3/p+2. The van der Waals surface area contributed by atoms with Gasteiger partial charge in [-0.25, -0.2) is 0 Å². The van der Waals surface area contributed by atoms with E-state index >= 15 is 0 Å². The molecule has 1 aliphatic heterocycles. The van der Waals surface area contributed by atoms with Gasteiger partial charge in [-0.1, -0.05) is 58.4 Å². The van der Waals surface area contributed by atoms with Gasteiger partial charge in [0.2, 0.25) is 0 Å². The summed E-state index contributed by atoms with van der Waals surface area (Å²) in [4.78, 5) is 3.39. The Balaban J connectivity index is 1.48. The lowest BCUT2D eigenvalue weighted by Crippen LogP contribution is -3.18. The van der Waals surface area contributed by atoms with Gasteiger partial charge in [0.1, 0.15) is 13.1 Å². The first-order chi connectivity index (χ1) is 11.2. The van der Waals surface area contributed by atoms with E-state index < -0.39 is 0 Å². The molecule has 2 nitrogen and oxygen atoms in total. The zero-order chi connectivity index (χ0) is 16.1. The van der Waals surface area contributed by atoms with Crippen LogP contribution in [-0.4, -0.2) is 26.2 Å². The number of rotatable bonds is 5. The summed E-state index contributed by atoms with van der Waals surface area (Å²) in [5.41, 5.74) is 2.90. The molecule has 1 atom stereocenters. The van der Waals surface area contributed by atoms with Crippen molar-refractivity contribution in [2.24, 2.45) is 0 Å². The SMILES string of the molecule is C[NH+](Cc1ccccc1)C1CC[NH+](Cc2cccc(Br)c2)CC1. The molecule has 2 aromatic rings. The third-order valence-electron chi connectivity index (χ3n) is 5.06. The van der Waals surface area contributed by atoms with Gasteiger partial charge < -0.3 is 9.80 Å². The minimum absolute atomic E-state index is 0.807. The number of hydrogen-bond donors (Lipinski definition) is 2. The van der Waals surface area contributed by atoms with E-state index in [9.17, 15) is 0 Å². The van der Waals surface area contributed by atoms with Crippen molar-refractivity contribution in [1.82, 2.24) is 0 Å². The minimum Gasteiger partial charge on any atom is -0.331 e. The molecule has 1 heterocycles. The van der Waals surface area contributed by atoms with E-state index in [4.69, 9.17) is 0 Å². The molecular weight excluding hydrogens is 348 g/mol. The highest BCUT2D eigenvalue weighted by Gasteiger charge is 2.27.